The van der Waals surface area contributed by atoms with E-state index in [0.717, 1.165) is 10.4 Å². The molecular formula is C13H17FN2O4S. The highest BCUT2D eigenvalue weighted by Gasteiger charge is 2.34. The highest BCUT2D eigenvalue weighted by molar-refractivity contribution is 7.89. The largest absolute Gasteiger partial charge is 0.469 e. The molecule has 1 aromatic carbocycles. The highest BCUT2D eigenvalue weighted by atomic mass is 32.2. The maximum absolute atomic E-state index is 13.8. The Bertz CT molecular complexity index is 619. The molecule has 0 amide bonds. The van der Waals surface area contributed by atoms with E-state index in [1.807, 2.05) is 0 Å². The fourth-order valence-electron chi connectivity index (χ4n) is 2.43. The molecule has 0 spiro atoms. The molecule has 0 bridgehead atoms. The van der Waals surface area contributed by atoms with E-state index in [4.69, 9.17) is 5.73 Å². The first-order chi connectivity index (χ1) is 9.87. The predicted octanol–water partition coefficient (Wildman–Crippen LogP) is 0.982. The van der Waals surface area contributed by atoms with Crippen LogP contribution < -0.4 is 5.73 Å². The van der Waals surface area contributed by atoms with Crippen LogP contribution in [0.2, 0.25) is 0 Å². The molecule has 0 unspecified atom stereocenters. The first-order valence-corrected chi connectivity index (χ1v) is 7.94. The molecule has 0 aliphatic carbocycles. The summed E-state index contributed by atoms with van der Waals surface area (Å²) in [6.07, 6.45) is 0.695. The lowest BCUT2D eigenvalue weighted by molar-refractivity contribution is -0.146. The van der Waals surface area contributed by atoms with Crippen molar-refractivity contribution < 1.29 is 22.3 Å². The molecule has 1 aliphatic heterocycles. The van der Waals surface area contributed by atoms with Gasteiger partial charge in [0.2, 0.25) is 10.0 Å². The van der Waals surface area contributed by atoms with Crippen LogP contribution in [0.5, 0.6) is 0 Å². The number of hydrogen-bond donors (Lipinski definition) is 1. The molecule has 1 saturated heterocycles. The molecule has 0 saturated carbocycles. The number of hydrogen-bond acceptors (Lipinski definition) is 5. The number of nitrogens with zero attached hydrogens (tertiary/aromatic N) is 1. The molecule has 1 heterocycles. The lowest BCUT2D eigenvalue weighted by Gasteiger charge is -2.30. The van der Waals surface area contributed by atoms with Gasteiger partial charge in [0.15, 0.2) is 0 Å². The van der Waals surface area contributed by atoms with E-state index < -0.39 is 20.7 Å². The molecule has 6 nitrogen and oxygen atoms in total. The number of esters is 1. The van der Waals surface area contributed by atoms with E-state index in [-0.39, 0.29) is 30.7 Å². The maximum atomic E-state index is 13.8. The van der Waals surface area contributed by atoms with Crippen molar-refractivity contribution in [3.05, 3.63) is 24.0 Å². The highest BCUT2D eigenvalue weighted by Crippen LogP contribution is 2.29. The van der Waals surface area contributed by atoms with Crippen molar-refractivity contribution in [3.8, 4) is 0 Å². The summed E-state index contributed by atoms with van der Waals surface area (Å²) in [4.78, 5) is 10.9. The molecule has 116 valence electrons. The molecule has 0 aromatic heterocycles. The lowest BCUT2D eigenvalue weighted by Crippen LogP contribution is -2.41. The van der Waals surface area contributed by atoms with Gasteiger partial charge in [-0.15, -0.1) is 0 Å². The maximum Gasteiger partial charge on any atom is 0.308 e. The van der Waals surface area contributed by atoms with Crippen LogP contribution in [0.3, 0.4) is 0 Å². The number of methoxy groups -OCH3 is 1. The zero-order valence-corrected chi connectivity index (χ0v) is 12.4. The smallest absolute Gasteiger partial charge is 0.308 e. The quantitative estimate of drug-likeness (QED) is 0.663. The van der Waals surface area contributed by atoms with Gasteiger partial charge in [0.1, 0.15) is 10.7 Å². The van der Waals surface area contributed by atoms with E-state index in [0.29, 0.717) is 12.8 Å². The number of piperidine rings is 1. The average Bonchev–Trinajstić information content (AvgIpc) is 2.46. The summed E-state index contributed by atoms with van der Waals surface area (Å²) in [6.45, 7) is 0.270. The van der Waals surface area contributed by atoms with Crippen molar-refractivity contribution >= 4 is 21.7 Å². The SMILES string of the molecule is COC(=O)C1CCN(S(=O)(=O)c2c(N)cccc2F)CC1. The van der Waals surface area contributed by atoms with Crippen LogP contribution in [0.25, 0.3) is 0 Å². The number of halogens is 1. The van der Waals surface area contributed by atoms with Crippen LogP contribution in [-0.4, -0.2) is 38.9 Å². The first kappa shape index (κ1) is 15.7. The predicted molar refractivity (Wildman–Crippen MR) is 74.3 cm³/mol. The Hall–Kier alpha value is -1.67. The number of ether oxygens (including phenoxy) is 1. The second-order valence-corrected chi connectivity index (χ2v) is 6.73. The molecule has 0 atom stereocenters. The minimum absolute atomic E-state index is 0.120. The van der Waals surface area contributed by atoms with Gasteiger partial charge in [-0.25, -0.2) is 12.8 Å². The summed E-state index contributed by atoms with van der Waals surface area (Å²) in [5, 5.41) is 0. The Morgan fingerprint density at radius 1 is 1.38 bits per heavy atom. The van der Waals surface area contributed by atoms with E-state index in [1.165, 1.54) is 19.2 Å². The summed E-state index contributed by atoms with van der Waals surface area (Å²) in [7, 11) is -2.70. The summed E-state index contributed by atoms with van der Waals surface area (Å²) in [5.41, 5.74) is 5.47. The number of nitrogen functional groups attached to an aromatic ring is 1. The van der Waals surface area contributed by atoms with Crippen molar-refractivity contribution in [2.75, 3.05) is 25.9 Å². The van der Waals surface area contributed by atoms with Crippen molar-refractivity contribution in [1.82, 2.24) is 4.31 Å². The number of benzene rings is 1. The summed E-state index contributed by atoms with van der Waals surface area (Å²) in [6, 6.07) is 3.76. The number of carbonyl (C=O) groups is 1. The number of sulfonamides is 1. The van der Waals surface area contributed by atoms with Gasteiger partial charge in [0.25, 0.3) is 0 Å². The molecular weight excluding hydrogens is 299 g/mol. The fraction of sp³-hybridized carbons (Fsp3) is 0.462. The van der Waals surface area contributed by atoms with E-state index in [2.05, 4.69) is 4.74 Å². The molecule has 8 heteroatoms. The Morgan fingerprint density at radius 3 is 2.52 bits per heavy atom. The van der Waals surface area contributed by atoms with Gasteiger partial charge in [-0.3, -0.25) is 4.79 Å². The molecule has 21 heavy (non-hydrogen) atoms. The van der Waals surface area contributed by atoms with E-state index in [9.17, 15) is 17.6 Å². The number of nitrogens with two attached hydrogens (primary N) is 1. The fourth-order valence-corrected chi connectivity index (χ4v) is 4.06. The van der Waals surface area contributed by atoms with Crippen LogP contribution in [0.4, 0.5) is 10.1 Å². The molecule has 2 rings (SSSR count). The first-order valence-electron chi connectivity index (χ1n) is 6.50. The van der Waals surface area contributed by atoms with Crippen LogP contribution in [0.1, 0.15) is 12.8 Å². The van der Waals surface area contributed by atoms with Gasteiger partial charge in [-0.1, -0.05) is 6.07 Å². The van der Waals surface area contributed by atoms with Crippen molar-refractivity contribution in [1.29, 1.82) is 0 Å². The average molecular weight is 316 g/mol. The zero-order chi connectivity index (χ0) is 15.6. The number of anilines is 1. The van der Waals surface area contributed by atoms with Gasteiger partial charge in [0, 0.05) is 13.1 Å². The van der Waals surface area contributed by atoms with Crippen molar-refractivity contribution in [2.24, 2.45) is 5.92 Å². The second-order valence-electron chi connectivity index (χ2n) is 4.86. The molecule has 2 N–H and O–H groups in total. The zero-order valence-electron chi connectivity index (χ0n) is 11.6. The van der Waals surface area contributed by atoms with E-state index >= 15 is 0 Å². The summed E-state index contributed by atoms with van der Waals surface area (Å²) in [5.74, 6) is -1.54. The number of carbonyl (C=O) groups excluding carboxylic acids is 1. The van der Waals surface area contributed by atoms with Crippen LogP contribution in [0, 0.1) is 11.7 Å². The Labute approximate surface area is 122 Å². The Balaban J connectivity index is 2.21. The van der Waals surface area contributed by atoms with Gasteiger partial charge in [-0.2, -0.15) is 4.31 Å². The van der Waals surface area contributed by atoms with Crippen molar-refractivity contribution in [2.45, 2.75) is 17.7 Å². The van der Waals surface area contributed by atoms with Crippen molar-refractivity contribution in [3.63, 3.8) is 0 Å². The van der Waals surface area contributed by atoms with Gasteiger partial charge < -0.3 is 10.5 Å². The Kier molecular flexibility index (Phi) is 4.48. The minimum atomic E-state index is -4.00. The standard InChI is InChI=1S/C13H17FN2O4S/c1-20-13(17)9-5-7-16(8-6-9)21(18,19)12-10(14)3-2-4-11(12)15/h2-4,9H,5-8,15H2,1H3. The molecule has 1 aromatic rings. The normalized spacial score (nSPS) is 17.6. The lowest BCUT2D eigenvalue weighted by atomic mass is 9.99. The number of rotatable bonds is 3. The van der Waals surface area contributed by atoms with Crippen LogP contribution in [-0.2, 0) is 19.6 Å². The van der Waals surface area contributed by atoms with Gasteiger partial charge in [0.05, 0.1) is 18.7 Å². The molecule has 1 aliphatic rings. The molecule has 0 radical (unpaired) electrons. The summed E-state index contributed by atoms with van der Waals surface area (Å²) < 4.78 is 44.5. The van der Waals surface area contributed by atoms with Gasteiger partial charge in [-0.05, 0) is 25.0 Å². The third-order valence-corrected chi connectivity index (χ3v) is 5.58. The minimum Gasteiger partial charge on any atom is -0.469 e. The van der Waals surface area contributed by atoms with Gasteiger partial charge >= 0.3 is 5.97 Å². The topological polar surface area (TPSA) is 89.7 Å². The Morgan fingerprint density at radius 2 is 2.00 bits per heavy atom. The van der Waals surface area contributed by atoms with Crippen LogP contribution >= 0.6 is 0 Å². The molecule has 1 fully saturated rings. The van der Waals surface area contributed by atoms with Crippen LogP contribution in [0.15, 0.2) is 23.1 Å². The summed E-state index contributed by atoms with van der Waals surface area (Å²) >= 11 is 0. The third-order valence-electron chi connectivity index (χ3n) is 3.58. The third kappa shape index (κ3) is 3.01. The second kappa shape index (κ2) is 5.98. The van der Waals surface area contributed by atoms with E-state index in [1.54, 1.807) is 0 Å². The monoisotopic (exact) mass is 316 g/mol.